The summed E-state index contributed by atoms with van der Waals surface area (Å²) in [6.07, 6.45) is 1.72. The van der Waals surface area contributed by atoms with E-state index in [0.29, 0.717) is 0 Å². The van der Waals surface area contributed by atoms with Crippen LogP contribution in [0.25, 0.3) is 0 Å². The molecule has 18 heavy (non-hydrogen) atoms. The van der Waals surface area contributed by atoms with Crippen molar-refractivity contribution in [3.8, 4) is 5.75 Å². The number of hydrogen-bond donors (Lipinski definition) is 0. The lowest BCUT2D eigenvalue weighted by atomic mass is 9.96. The Morgan fingerprint density at radius 2 is 1.78 bits per heavy atom. The van der Waals surface area contributed by atoms with E-state index in [-0.39, 0.29) is 11.9 Å². The normalized spacial score (nSPS) is 16.4. The Hall–Kier alpha value is -1.71. The molecule has 1 heterocycles. The van der Waals surface area contributed by atoms with Gasteiger partial charge in [0.1, 0.15) is 5.75 Å². The van der Waals surface area contributed by atoms with Gasteiger partial charge in [0.2, 0.25) is 0 Å². The number of rotatable bonds is 3. The number of benzene rings is 1. The molecule has 4 nitrogen and oxygen atoms in total. The van der Waals surface area contributed by atoms with Gasteiger partial charge in [0, 0.05) is 18.8 Å². The van der Waals surface area contributed by atoms with E-state index < -0.39 is 0 Å². The first-order chi connectivity index (χ1) is 8.74. The van der Waals surface area contributed by atoms with Crippen LogP contribution in [-0.4, -0.2) is 33.3 Å². The van der Waals surface area contributed by atoms with Crippen LogP contribution in [0.5, 0.6) is 5.75 Å². The Morgan fingerprint density at radius 3 is 2.28 bits per heavy atom. The van der Waals surface area contributed by atoms with Crippen LogP contribution in [0, 0.1) is 5.92 Å². The molecule has 98 valence electrons. The minimum Gasteiger partial charge on any atom is -0.497 e. The Labute approximate surface area is 107 Å². The van der Waals surface area contributed by atoms with E-state index in [1.165, 1.54) is 12.8 Å². The number of anilines is 1. The van der Waals surface area contributed by atoms with Crippen molar-refractivity contribution in [2.75, 3.05) is 32.2 Å². The predicted octanol–water partition coefficient (Wildman–Crippen LogP) is 2.08. The van der Waals surface area contributed by atoms with Crippen LogP contribution in [0.2, 0.25) is 0 Å². The lowest BCUT2D eigenvalue weighted by molar-refractivity contribution is -0.146. The molecule has 0 spiro atoms. The van der Waals surface area contributed by atoms with Gasteiger partial charge in [-0.05, 0) is 37.1 Å². The zero-order valence-electron chi connectivity index (χ0n) is 10.9. The van der Waals surface area contributed by atoms with Gasteiger partial charge in [0.15, 0.2) is 0 Å². The molecule has 0 amide bonds. The van der Waals surface area contributed by atoms with Gasteiger partial charge >= 0.3 is 5.97 Å². The molecular formula is C14H19NO3. The van der Waals surface area contributed by atoms with Gasteiger partial charge in [0.05, 0.1) is 20.1 Å². The summed E-state index contributed by atoms with van der Waals surface area (Å²) in [5, 5.41) is 0. The first kappa shape index (κ1) is 12.7. The van der Waals surface area contributed by atoms with Gasteiger partial charge in [-0.1, -0.05) is 0 Å². The largest absolute Gasteiger partial charge is 0.497 e. The number of ether oxygens (including phenoxy) is 2. The quantitative estimate of drug-likeness (QED) is 0.769. The molecule has 2 rings (SSSR count). The second kappa shape index (κ2) is 5.76. The van der Waals surface area contributed by atoms with Crippen LogP contribution in [0.3, 0.4) is 0 Å². The SMILES string of the molecule is COC(=O)C1CCN(c2ccc(OC)cc2)CC1. The standard InChI is InChI=1S/C14H19NO3/c1-17-13-5-3-12(4-6-13)15-9-7-11(8-10-15)14(16)18-2/h3-6,11H,7-10H2,1-2H3. The number of methoxy groups -OCH3 is 2. The molecule has 0 aliphatic carbocycles. The lowest BCUT2D eigenvalue weighted by Gasteiger charge is -2.32. The zero-order chi connectivity index (χ0) is 13.0. The van der Waals surface area contributed by atoms with Crippen molar-refractivity contribution in [1.82, 2.24) is 0 Å². The fraction of sp³-hybridized carbons (Fsp3) is 0.500. The summed E-state index contributed by atoms with van der Waals surface area (Å²) >= 11 is 0. The number of nitrogens with zero attached hydrogens (tertiary/aromatic N) is 1. The second-order valence-corrected chi connectivity index (χ2v) is 4.48. The second-order valence-electron chi connectivity index (χ2n) is 4.48. The van der Waals surface area contributed by atoms with E-state index in [9.17, 15) is 4.79 Å². The molecule has 0 unspecified atom stereocenters. The van der Waals surface area contributed by atoms with Crippen molar-refractivity contribution in [2.24, 2.45) is 5.92 Å². The van der Waals surface area contributed by atoms with Gasteiger partial charge in [-0.3, -0.25) is 4.79 Å². The van der Waals surface area contributed by atoms with Gasteiger partial charge in [-0.25, -0.2) is 0 Å². The van der Waals surface area contributed by atoms with Gasteiger partial charge in [-0.2, -0.15) is 0 Å². The van der Waals surface area contributed by atoms with Crippen LogP contribution < -0.4 is 9.64 Å². The minimum absolute atomic E-state index is 0.0597. The van der Waals surface area contributed by atoms with Gasteiger partial charge in [0.25, 0.3) is 0 Å². The van der Waals surface area contributed by atoms with Crippen molar-refractivity contribution in [1.29, 1.82) is 0 Å². The molecule has 1 aliphatic rings. The smallest absolute Gasteiger partial charge is 0.308 e. The van der Waals surface area contributed by atoms with Crippen molar-refractivity contribution in [2.45, 2.75) is 12.8 Å². The first-order valence-corrected chi connectivity index (χ1v) is 6.21. The van der Waals surface area contributed by atoms with Crippen LogP contribution in [0.15, 0.2) is 24.3 Å². The maximum Gasteiger partial charge on any atom is 0.308 e. The van der Waals surface area contributed by atoms with E-state index in [0.717, 1.165) is 31.7 Å². The zero-order valence-corrected chi connectivity index (χ0v) is 10.9. The molecule has 0 aromatic heterocycles. The summed E-state index contributed by atoms with van der Waals surface area (Å²) in [6.45, 7) is 1.79. The molecule has 0 radical (unpaired) electrons. The van der Waals surface area contributed by atoms with Crippen LogP contribution in [0.1, 0.15) is 12.8 Å². The molecule has 1 aromatic carbocycles. The molecule has 1 fully saturated rings. The Balaban J connectivity index is 1.94. The van der Waals surface area contributed by atoms with Crippen molar-refractivity contribution < 1.29 is 14.3 Å². The highest BCUT2D eigenvalue weighted by Crippen LogP contribution is 2.25. The molecule has 4 heteroatoms. The predicted molar refractivity (Wildman–Crippen MR) is 69.9 cm³/mol. The molecule has 0 saturated carbocycles. The molecule has 1 aromatic rings. The third kappa shape index (κ3) is 2.75. The lowest BCUT2D eigenvalue weighted by Crippen LogP contribution is -2.36. The molecule has 1 aliphatic heterocycles. The number of carbonyl (C=O) groups excluding carboxylic acids is 1. The third-order valence-corrected chi connectivity index (χ3v) is 3.47. The summed E-state index contributed by atoms with van der Waals surface area (Å²) in [6, 6.07) is 8.03. The summed E-state index contributed by atoms with van der Waals surface area (Å²) in [5.41, 5.74) is 1.18. The fourth-order valence-corrected chi connectivity index (χ4v) is 2.33. The number of carbonyl (C=O) groups is 1. The van der Waals surface area contributed by atoms with Gasteiger partial charge in [-0.15, -0.1) is 0 Å². The van der Waals surface area contributed by atoms with Crippen LogP contribution in [0.4, 0.5) is 5.69 Å². The number of piperidine rings is 1. The molecule has 1 saturated heterocycles. The Morgan fingerprint density at radius 1 is 1.17 bits per heavy atom. The monoisotopic (exact) mass is 249 g/mol. The topological polar surface area (TPSA) is 38.8 Å². The Bertz CT molecular complexity index is 394. The highest BCUT2D eigenvalue weighted by Gasteiger charge is 2.25. The highest BCUT2D eigenvalue weighted by atomic mass is 16.5. The highest BCUT2D eigenvalue weighted by molar-refractivity contribution is 5.72. The van der Waals surface area contributed by atoms with E-state index in [2.05, 4.69) is 17.0 Å². The van der Waals surface area contributed by atoms with Crippen molar-refractivity contribution in [3.05, 3.63) is 24.3 Å². The van der Waals surface area contributed by atoms with E-state index in [4.69, 9.17) is 9.47 Å². The van der Waals surface area contributed by atoms with E-state index in [1.54, 1.807) is 7.11 Å². The Kier molecular flexibility index (Phi) is 4.07. The number of hydrogen-bond acceptors (Lipinski definition) is 4. The molecule has 0 N–H and O–H groups in total. The molecule has 0 atom stereocenters. The van der Waals surface area contributed by atoms with E-state index in [1.807, 2.05) is 12.1 Å². The summed E-state index contributed by atoms with van der Waals surface area (Å²) in [5.74, 6) is 0.845. The van der Waals surface area contributed by atoms with Crippen LogP contribution in [-0.2, 0) is 9.53 Å². The number of esters is 1. The van der Waals surface area contributed by atoms with Crippen molar-refractivity contribution in [3.63, 3.8) is 0 Å². The molecule has 0 bridgehead atoms. The summed E-state index contributed by atoms with van der Waals surface area (Å²) < 4.78 is 9.93. The van der Waals surface area contributed by atoms with Crippen LogP contribution >= 0.6 is 0 Å². The first-order valence-electron chi connectivity index (χ1n) is 6.21. The average Bonchev–Trinajstić information content (AvgIpc) is 2.47. The van der Waals surface area contributed by atoms with Gasteiger partial charge < -0.3 is 14.4 Å². The van der Waals surface area contributed by atoms with E-state index >= 15 is 0 Å². The fourth-order valence-electron chi connectivity index (χ4n) is 2.33. The minimum atomic E-state index is -0.0793. The average molecular weight is 249 g/mol. The van der Waals surface area contributed by atoms with Crippen molar-refractivity contribution >= 4 is 11.7 Å². The summed E-state index contributed by atoms with van der Waals surface area (Å²) in [7, 11) is 3.12. The summed E-state index contributed by atoms with van der Waals surface area (Å²) in [4.78, 5) is 13.7. The third-order valence-electron chi connectivity index (χ3n) is 3.47. The maximum absolute atomic E-state index is 11.4. The molecular weight excluding hydrogens is 230 g/mol. The maximum atomic E-state index is 11.4.